The second kappa shape index (κ2) is 7.68. The molecule has 2 heterocycles. The third-order valence-electron chi connectivity index (χ3n) is 4.53. The number of carbonyl (C=O) groups is 1. The number of benzene rings is 1. The zero-order chi connectivity index (χ0) is 18.9. The van der Waals surface area contributed by atoms with E-state index in [2.05, 4.69) is 5.32 Å². The van der Waals surface area contributed by atoms with E-state index in [0.29, 0.717) is 35.8 Å². The van der Waals surface area contributed by atoms with Gasteiger partial charge in [-0.3, -0.25) is 4.79 Å². The molecule has 26 heavy (non-hydrogen) atoms. The van der Waals surface area contributed by atoms with Gasteiger partial charge in [0.1, 0.15) is 0 Å². The predicted molar refractivity (Wildman–Crippen MR) is 104 cm³/mol. The van der Waals surface area contributed by atoms with Crippen molar-refractivity contribution in [3.63, 3.8) is 0 Å². The smallest absolute Gasteiger partial charge is 0.261 e. The van der Waals surface area contributed by atoms with Crippen molar-refractivity contribution < 1.29 is 13.2 Å². The molecule has 1 N–H and O–H groups in total. The minimum Gasteiger partial charge on any atom is -0.349 e. The van der Waals surface area contributed by atoms with Crippen molar-refractivity contribution in [3.05, 3.63) is 50.7 Å². The Morgan fingerprint density at radius 3 is 2.46 bits per heavy atom. The van der Waals surface area contributed by atoms with Crippen LogP contribution in [0.1, 0.15) is 33.0 Å². The maximum atomic E-state index is 12.8. The number of piperidine rings is 1. The van der Waals surface area contributed by atoms with Gasteiger partial charge >= 0.3 is 0 Å². The third kappa shape index (κ3) is 4.11. The highest BCUT2D eigenvalue weighted by Crippen LogP contribution is 2.25. The highest BCUT2D eigenvalue weighted by atomic mass is 35.5. The molecule has 1 saturated heterocycles. The number of hydrogen-bond donors (Lipinski definition) is 1. The minimum absolute atomic E-state index is 0.0158. The lowest BCUT2D eigenvalue weighted by Gasteiger charge is -2.31. The number of sulfonamides is 1. The number of nitrogens with one attached hydrogen (secondary N) is 1. The van der Waals surface area contributed by atoms with Crippen LogP contribution in [0.4, 0.5) is 0 Å². The number of amides is 1. The highest BCUT2D eigenvalue weighted by Gasteiger charge is 2.30. The fraction of sp³-hybridized carbons (Fsp3) is 0.389. The van der Waals surface area contributed by atoms with Crippen LogP contribution >= 0.6 is 22.9 Å². The van der Waals surface area contributed by atoms with Gasteiger partial charge in [-0.15, -0.1) is 11.3 Å². The molecule has 8 heteroatoms. The van der Waals surface area contributed by atoms with Gasteiger partial charge in [0.25, 0.3) is 5.91 Å². The Bertz CT molecular complexity index is 916. The zero-order valence-corrected chi connectivity index (χ0v) is 17.0. The summed E-state index contributed by atoms with van der Waals surface area (Å²) in [5, 5.41) is 3.45. The van der Waals surface area contributed by atoms with Gasteiger partial charge in [0.15, 0.2) is 0 Å². The molecule has 0 bridgehead atoms. The lowest BCUT2D eigenvalue weighted by atomic mass is 10.1. The van der Waals surface area contributed by atoms with Crippen molar-refractivity contribution in [2.45, 2.75) is 37.6 Å². The van der Waals surface area contributed by atoms with Gasteiger partial charge in [-0.25, -0.2) is 8.42 Å². The number of nitrogens with zero attached hydrogens (tertiary/aromatic N) is 1. The fourth-order valence-electron chi connectivity index (χ4n) is 2.94. The van der Waals surface area contributed by atoms with Crippen molar-refractivity contribution in [3.8, 4) is 0 Å². The minimum atomic E-state index is -3.56. The number of halogens is 1. The summed E-state index contributed by atoms with van der Waals surface area (Å²) in [4.78, 5) is 14.2. The molecule has 1 aromatic carbocycles. The molecule has 3 rings (SSSR count). The first kappa shape index (κ1) is 19.4. The van der Waals surface area contributed by atoms with E-state index in [1.165, 1.54) is 21.7 Å². The van der Waals surface area contributed by atoms with Crippen molar-refractivity contribution in [1.82, 2.24) is 9.62 Å². The Labute approximate surface area is 163 Å². The Balaban J connectivity index is 1.62. The molecule has 0 saturated carbocycles. The van der Waals surface area contributed by atoms with Crippen LogP contribution < -0.4 is 5.32 Å². The van der Waals surface area contributed by atoms with Crippen LogP contribution in [0.25, 0.3) is 0 Å². The topological polar surface area (TPSA) is 66.5 Å². The molecular formula is C18H21ClN2O3S2. The van der Waals surface area contributed by atoms with Gasteiger partial charge in [-0.05, 0) is 56.5 Å². The number of rotatable bonds is 4. The molecule has 0 spiro atoms. The maximum Gasteiger partial charge on any atom is 0.261 e. The Hall–Kier alpha value is -1.41. The molecule has 140 valence electrons. The zero-order valence-electron chi connectivity index (χ0n) is 14.7. The second-order valence-corrected chi connectivity index (χ2v) is 10.1. The van der Waals surface area contributed by atoms with E-state index < -0.39 is 10.0 Å². The van der Waals surface area contributed by atoms with Gasteiger partial charge in [-0.1, -0.05) is 17.7 Å². The SMILES string of the molecule is Cc1ccc(C(=O)NC2CCN(S(=O)(=O)c3ccc(C)c(Cl)c3)CC2)s1. The van der Waals surface area contributed by atoms with Crippen molar-refractivity contribution >= 4 is 38.9 Å². The summed E-state index contributed by atoms with van der Waals surface area (Å²) in [6.07, 6.45) is 1.18. The molecule has 1 amide bonds. The molecule has 1 aliphatic heterocycles. The monoisotopic (exact) mass is 412 g/mol. The van der Waals surface area contributed by atoms with Crippen LogP contribution in [0.3, 0.4) is 0 Å². The van der Waals surface area contributed by atoms with Crippen LogP contribution in [0, 0.1) is 13.8 Å². The lowest BCUT2D eigenvalue weighted by molar-refractivity contribution is 0.0928. The first-order valence-electron chi connectivity index (χ1n) is 8.41. The molecule has 1 aliphatic rings. The van der Waals surface area contributed by atoms with Crippen LogP contribution in [0.15, 0.2) is 35.2 Å². The average molecular weight is 413 g/mol. The summed E-state index contributed by atoms with van der Waals surface area (Å²) in [6.45, 7) is 4.55. The summed E-state index contributed by atoms with van der Waals surface area (Å²) in [5.74, 6) is -0.0882. The van der Waals surface area contributed by atoms with Gasteiger partial charge in [0.05, 0.1) is 9.77 Å². The second-order valence-electron chi connectivity index (χ2n) is 6.47. The van der Waals surface area contributed by atoms with E-state index >= 15 is 0 Å². The Kier molecular flexibility index (Phi) is 5.72. The molecular weight excluding hydrogens is 392 g/mol. The van der Waals surface area contributed by atoms with E-state index in [4.69, 9.17) is 11.6 Å². The lowest BCUT2D eigenvalue weighted by Crippen LogP contribution is -2.46. The third-order valence-corrected chi connectivity index (χ3v) is 7.84. The number of carbonyl (C=O) groups excluding carboxylic acids is 1. The van der Waals surface area contributed by atoms with E-state index in [0.717, 1.165) is 10.4 Å². The summed E-state index contributed by atoms with van der Waals surface area (Å²) < 4.78 is 27.0. The summed E-state index contributed by atoms with van der Waals surface area (Å²) in [5.41, 5.74) is 0.843. The van der Waals surface area contributed by atoms with Gasteiger partial charge in [-0.2, -0.15) is 4.31 Å². The van der Waals surface area contributed by atoms with Gasteiger partial charge in [0, 0.05) is 29.0 Å². The van der Waals surface area contributed by atoms with Crippen molar-refractivity contribution in [1.29, 1.82) is 0 Å². The molecule has 5 nitrogen and oxygen atoms in total. The summed E-state index contributed by atoms with van der Waals surface area (Å²) in [7, 11) is -3.56. The highest BCUT2D eigenvalue weighted by molar-refractivity contribution is 7.89. The normalized spacial score (nSPS) is 16.6. The quantitative estimate of drug-likeness (QED) is 0.834. The van der Waals surface area contributed by atoms with Crippen LogP contribution in [-0.2, 0) is 10.0 Å². The van der Waals surface area contributed by atoms with Gasteiger partial charge < -0.3 is 5.32 Å². The van der Waals surface area contributed by atoms with Crippen molar-refractivity contribution in [2.24, 2.45) is 0 Å². The first-order valence-corrected chi connectivity index (χ1v) is 11.0. The van der Waals surface area contributed by atoms with Gasteiger partial charge in [0.2, 0.25) is 10.0 Å². The predicted octanol–water partition coefficient (Wildman–Crippen LogP) is 3.60. The average Bonchev–Trinajstić information content (AvgIpc) is 3.04. The molecule has 2 aromatic rings. The van der Waals surface area contributed by atoms with Crippen LogP contribution in [-0.4, -0.2) is 37.8 Å². The first-order chi connectivity index (χ1) is 12.3. The molecule has 0 atom stereocenters. The summed E-state index contributed by atoms with van der Waals surface area (Å²) >= 11 is 7.53. The fourth-order valence-corrected chi connectivity index (χ4v) is 5.45. The molecule has 1 fully saturated rings. The Morgan fingerprint density at radius 2 is 1.88 bits per heavy atom. The molecule has 0 radical (unpaired) electrons. The van der Waals surface area contributed by atoms with E-state index in [9.17, 15) is 13.2 Å². The summed E-state index contributed by atoms with van der Waals surface area (Å²) in [6, 6.07) is 8.52. The van der Waals surface area contributed by atoms with Crippen molar-refractivity contribution in [2.75, 3.05) is 13.1 Å². The maximum absolute atomic E-state index is 12.8. The largest absolute Gasteiger partial charge is 0.349 e. The van der Waals surface area contributed by atoms with Crippen LogP contribution in [0.5, 0.6) is 0 Å². The van der Waals surface area contributed by atoms with E-state index in [-0.39, 0.29) is 16.8 Å². The van der Waals surface area contributed by atoms with Crippen LogP contribution in [0.2, 0.25) is 5.02 Å². The molecule has 0 unspecified atom stereocenters. The van der Waals surface area contributed by atoms with E-state index in [1.54, 1.807) is 12.1 Å². The Morgan fingerprint density at radius 1 is 1.19 bits per heavy atom. The number of aryl methyl sites for hydroxylation is 2. The number of thiophene rings is 1. The van der Waals surface area contributed by atoms with E-state index in [1.807, 2.05) is 26.0 Å². The standard InChI is InChI=1S/C18H21ClN2O3S2/c1-12-3-5-15(11-16(12)19)26(23,24)21-9-7-14(8-10-21)20-18(22)17-6-4-13(2)25-17/h3-6,11,14H,7-10H2,1-2H3,(H,20,22). The molecule has 0 aliphatic carbocycles. The molecule has 1 aromatic heterocycles. The number of hydrogen-bond acceptors (Lipinski definition) is 4.